The van der Waals surface area contributed by atoms with E-state index in [1.54, 1.807) is 30.3 Å². The molecule has 0 aliphatic carbocycles. The topological polar surface area (TPSA) is 97.4 Å². The zero-order chi connectivity index (χ0) is 23.8. The average Bonchev–Trinajstić information content (AvgIpc) is 3.44. The Bertz CT molecular complexity index is 1320. The molecule has 0 amide bonds. The standard InChI is InChI=1S/C21H19F3N4O4S/c1-31-15-6-4-14(5-7-15)13-28-20-16(11-25)19(32-33(29,30)21(22,23)24)10-18(17(20)12-26-28)27-8-2-3-9-27/h4-7,10,12H,2-3,8-9,13H2,1H3. The quantitative estimate of drug-likeness (QED) is 0.391. The lowest BCUT2D eigenvalue weighted by atomic mass is 10.1. The number of fused-ring (bicyclic) bond motifs is 1. The van der Waals surface area contributed by atoms with Crippen molar-refractivity contribution in [2.75, 3.05) is 25.1 Å². The van der Waals surface area contributed by atoms with Crippen molar-refractivity contribution in [1.29, 1.82) is 5.26 Å². The molecular formula is C21H19F3N4O4S. The summed E-state index contributed by atoms with van der Waals surface area (Å²) in [6.07, 6.45) is 3.27. The van der Waals surface area contributed by atoms with E-state index in [-0.39, 0.29) is 17.6 Å². The highest BCUT2D eigenvalue weighted by Gasteiger charge is 2.49. The molecule has 1 fully saturated rings. The summed E-state index contributed by atoms with van der Waals surface area (Å²) in [5.74, 6) is -0.0353. The lowest BCUT2D eigenvalue weighted by molar-refractivity contribution is -0.0500. The van der Waals surface area contributed by atoms with Gasteiger partial charge >= 0.3 is 15.6 Å². The zero-order valence-electron chi connectivity index (χ0n) is 17.5. The van der Waals surface area contributed by atoms with Gasteiger partial charge < -0.3 is 13.8 Å². The van der Waals surface area contributed by atoms with Crippen LogP contribution in [0.1, 0.15) is 24.0 Å². The number of methoxy groups -OCH3 is 1. The minimum Gasteiger partial charge on any atom is -0.497 e. The number of halogens is 3. The number of ether oxygens (including phenoxy) is 1. The Morgan fingerprint density at radius 2 is 1.85 bits per heavy atom. The molecule has 2 aromatic carbocycles. The lowest BCUT2D eigenvalue weighted by Gasteiger charge is -2.21. The van der Waals surface area contributed by atoms with Gasteiger partial charge in [0.2, 0.25) is 0 Å². The minimum atomic E-state index is -5.97. The van der Waals surface area contributed by atoms with Crippen molar-refractivity contribution in [3.63, 3.8) is 0 Å². The summed E-state index contributed by atoms with van der Waals surface area (Å²) in [6.45, 7) is 1.46. The molecule has 33 heavy (non-hydrogen) atoms. The minimum absolute atomic E-state index is 0.192. The van der Waals surface area contributed by atoms with Crippen molar-refractivity contribution in [2.45, 2.75) is 24.9 Å². The van der Waals surface area contributed by atoms with Gasteiger partial charge in [0.25, 0.3) is 0 Å². The first-order chi connectivity index (χ1) is 15.6. The van der Waals surface area contributed by atoms with E-state index in [9.17, 15) is 26.9 Å². The molecule has 174 valence electrons. The van der Waals surface area contributed by atoms with Crippen LogP contribution >= 0.6 is 0 Å². The summed E-state index contributed by atoms with van der Waals surface area (Å²) in [4.78, 5) is 1.91. The molecule has 0 spiro atoms. The van der Waals surface area contributed by atoms with Gasteiger partial charge in [-0.3, -0.25) is 4.68 Å². The van der Waals surface area contributed by atoms with Crippen LogP contribution in [0.2, 0.25) is 0 Å². The maximum atomic E-state index is 13.0. The number of nitriles is 1. The van der Waals surface area contributed by atoms with Crippen molar-refractivity contribution in [2.24, 2.45) is 0 Å². The Balaban J connectivity index is 1.88. The van der Waals surface area contributed by atoms with E-state index in [1.807, 2.05) is 4.90 Å². The van der Waals surface area contributed by atoms with Crippen molar-refractivity contribution in [3.05, 3.63) is 47.7 Å². The Kier molecular flexibility index (Phi) is 5.84. The van der Waals surface area contributed by atoms with E-state index in [0.717, 1.165) is 18.4 Å². The van der Waals surface area contributed by atoms with Crippen LogP contribution in [-0.2, 0) is 16.7 Å². The highest BCUT2D eigenvalue weighted by atomic mass is 32.2. The highest BCUT2D eigenvalue weighted by Crippen LogP contribution is 2.39. The first-order valence-electron chi connectivity index (χ1n) is 9.96. The monoisotopic (exact) mass is 480 g/mol. The van der Waals surface area contributed by atoms with Crippen LogP contribution in [0.3, 0.4) is 0 Å². The predicted molar refractivity (Wildman–Crippen MR) is 114 cm³/mol. The molecule has 1 saturated heterocycles. The van der Waals surface area contributed by atoms with E-state index in [2.05, 4.69) is 9.28 Å². The first-order valence-corrected chi connectivity index (χ1v) is 11.4. The Hall–Kier alpha value is -3.46. The number of hydrogen-bond acceptors (Lipinski definition) is 7. The molecule has 4 rings (SSSR count). The van der Waals surface area contributed by atoms with Crippen LogP contribution in [0, 0.1) is 11.3 Å². The van der Waals surface area contributed by atoms with Gasteiger partial charge in [0.1, 0.15) is 17.4 Å². The third-order valence-electron chi connectivity index (χ3n) is 5.40. The zero-order valence-corrected chi connectivity index (χ0v) is 18.3. The van der Waals surface area contributed by atoms with Crippen LogP contribution in [0.25, 0.3) is 10.9 Å². The first kappa shape index (κ1) is 22.7. The fourth-order valence-electron chi connectivity index (χ4n) is 3.81. The normalized spacial score (nSPS) is 14.5. The van der Waals surface area contributed by atoms with Crippen molar-refractivity contribution < 1.29 is 30.5 Å². The van der Waals surface area contributed by atoms with Crippen LogP contribution in [-0.4, -0.2) is 43.9 Å². The summed E-state index contributed by atoms with van der Waals surface area (Å²) < 4.78 is 73.5. The molecule has 0 saturated carbocycles. The maximum Gasteiger partial charge on any atom is 0.534 e. The summed E-state index contributed by atoms with van der Waals surface area (Å²) in [5, 5.41) is 14.6. The third kappa shape index (κ3) is 4.28. The molecule has 0 N–H and O–H groups in total. The lowest BCUT2D eigenvalue weighted by Crippen LogP contribution is -2.28. The molecule has 8 nitrogen and oxygen atoms in total. The smallest absolute Gasteiger partial charge is 0.497 e. The fraction of sp³-hybridized carbons (Fsp3) is 0.333. The number of anilines is 1. The Labute approximate surface area is 187 Å². The van der Waals surface area contributed by atoms with E-state index >= 15 is 0 Å². The van der Waals surface area contributed by atoms with Gasteiger partial charge in [-0.2, -0.15) is 31.9 Å². The maximum absolute atomic E-state index is 13.0. The van der Waals surface area contributed by atoms with Crippen LogP contribution in [0.15, 0.2) is 36.5 Å². The molecule has 1 aromatic heterocycles. The molecule has 0 atom stereocenters. The number of nitrogens with zero attached hydrogens (tertiary/aromatic N) is 4. The molecule has 0 radical (unpaired) electrons. The second-order valence-corrected chi connectivity index (χ2v) is 9.01. The van der Waals surface area contributed by atoms with Crippen LogP contribution < -0.4 is 13.8 Å². The predicted octanol–water partition coefficient (Wildman–Crippen LogP) is 3.79. The van der Waals surface area contributed by atoms with E-state index in [4.69, 9.17) is 4.74 Å². The van der Waals surface area contributed by atoms with Gasteiger partial charge in [-0.15, -0.1) is 0 Å². The average molecular weight is 480 g/mol. The fourth-order valence-corrected chi connectivity index (χ4v) is 4.27. The van der Waals surface area contributed by atoms with Crippen molar-refractivity contribution >= 4 is 26.7 Å². The number of aromatic nitrogens is 2. The van der Waals surface area contributed by atoms with Gasteiger partial charge in [0, 0.05) is 24.5 Å². The van der Waals surface area contributed by atoms with Gasteiger partial charge in [0.05, 0.1) is 31.1 Å². The SMILES string of the molecule is COc1ccc(Cn2ncc3c(N4CCCC4)cc(OS(=O)(=O)C(F)(F)F)c(C#N)c32)cc1. The summed E-state index contributed by atoms with van der Waals surface area (Å²) >= 11 is 0. The molecule has 0 bridgehead atoms. The molecule has 12 heteroatoms. The molecule has 0 unspecified atom stereocenters. The number of rotatable bonds is 6. The van der Waals surface area contributed by atoms with E-state index in [1.165, 1.54) is 24.1 Å². The second kappa shape index (κ2) is 8.47. The molecule has 2 heterocycles. The molecule has 3 aromatic rings. The second-order valence-electron chi connectivity index (χ2n) is 7.47. The Morgan fingerprint density at radius 3 is 2.42 bits per heavy atom. The van der Waals surface area contributed by atoms with Crippen LogP contribution in [0.5, 0.6) is 11.5 Å². The highest BCUT2D eigenvalue weighted by molar-refractivity contribution is 7.88. The largest absolute Gasteiger partial charge is 0.534 e. The van der Waals surface area contributed by atoms with Crippen molar-refractivity contribution in [1.82, 2.24) is 9.78 Å². The number of alkyl halides is 3. The molecule has 1 aliphatic rings. The van der Waals surface area contributed by atoms with Gasteiger partial charge in [-0.05, 0) is 30.5 Å². The Morgan fingerprint density at radius 1 is 1.18 bits per heavy atom. The summed E-state index contributed by atoms with van der Waals surface area (Å²) in [7, 11) is -4.43. The number of benzene rings is 2. The van der Waals surface area contributed by atoms with Gasteiger partial charge in [-0.25, -0.2) is 0 Å². The third-order valence-corrected chi connectivity index (χ3v) is 6.37. The number of hydrogen-bond donors (Lipinski definition) is 0. The van der Waals surface area contributed by atoms with Gasteiger partial charge in [-0.1, -0.05) is 12.1 Å². The van der Waals surface area contributed by atoms with Gasteiger partial charge in [0.15, 0.2) is 5.75 Å². The van der Waals surface area contributed by atoms with Crippen molar-refractivity contribution in [3.8, 4) is 17.6 Å². The van der Waals surface area contributed by atoms with E-state index in [0.29, 0.717) is 29.9 Å². The molecule has 1 aliphatic heterocycles. The molecular weight excluding hydrogens is 461 g/mol. The summed E-state index contributed by atoms with van der Waals surface area (Å²) in [6, 6.07) is 10.0. The van der Waals surface area contributed by atoms with E-state index < -0.39 is 21.4 Å². The van der Waals surface area contributed by atoms with Crippen LogP contribution in [0.4, 0.5) is 18.9 Å². The summed E-state index contributed by atoms with van der Waals surface area (Å²) in [5.41, 5.74) is -4.51.